The first-order chi connectivity index (χ1) is 5.79. The predicted molar refractivity (Wildman–Crippen MR) is 34.2 cm³/mol. The molecule has 0 aliphatic rings. The molecule has 0 aliphatic heterocycles. The summed E-state index contributed by atoms with van der Waals surface area (Å²) in [5.74, 6) is -1.04. The summed E-state index contributed by atoms with van der Waals surface area (Å²) in [6.07, 6.45) is 2.09. The highest BCUT2D eigenvalue weighted by atomic mass is 16.4. The Bertz CT molecular complexity index is 335. The van der Waals surface area contributed by atoms with Gasteiger partial charge in [-0.1, -0.05) is 0 Å². The van der Waals surface area contributed by atoms with E-state index in [9.17, 15) is 9.59 Å². The highest BCUT2D eigenvalue weighted by Gasteiger charge is 1.74. The van der Waals surface area contributed by atoms with E-state index in [1.807, 2.05) is 10.2 Å². The molecule has 0 radical (unpaired) electrons. The third-order valence-electron chi connectivity index (χ3n) is 0.737. The van der Waals surface area contributed by atoms with Gasteiger partial charge in [-0.15, -0.1) is 10.2 Å². The molecular weight excluding hydrogens is 168 g/mol. The molecule has 2 heterocycles. The number of aromatic nitrogens is 4. The Labute approximate surface area is 64.2 Å². The number of hydrogen-bond donors (Lipinski definition) is 2. The van der Waals surface area contributed by atoms with Gasteiger partial charge < -0.3 is 8.83 Å². The maximum Gasteiger partial charge on any atom is 0.434 e. The number of hydrogen-bond acceptors (Lipinski definition) is 6. The lowest BCUT2D eigenvalue weighted by molar-refractivity contribution is 0.512. The standard InChI is InChI=1S/2C2H2N2O2/c2*5-2-4-3-1-6-2/h2*1H,(H,4,5). The number of nitrogens with zero attached hydrogens (tertiary/aromatic N) is 2. The van der Waals surface area contributed by atoms with E-state index in [2.05, 4.69) is 19.0 Å². The fourth-order valence-electron chi connectivity index (χ4n) is 0.359. The smallest absolute Gasteiger partial charge is 0.395 e. The van der Waals surface area contributed by atoms with Crippen LogP contribution in [-0.4, -0.2) is 20.4 Å². The Balaban J connectivity index is 0.000000120. The highest BCUT2D eigenvalue weighted by Crippen LogP contribution is 1.54. The Hall–Kier alpha value is -2.12. The van der Waals surface area contributed by atoms with Crippen LogP contribution in [0.1, 0.15) is 0 Å². The SMILES string of the molecule is O=c1[nH]nco1.O=c1[nH]nco1. The number of H-pyrrole nitrogens is 2. The van der Waals surface area contributed by atoms with Gasteiger partial charge in [0, 0.05) is 0 Å². The Morgan fingerprint density at radius 3 is 1.50 bits per heavy atom. The van der Waals surface area contributed by atoms with Gasteiger partial charge in [-0.2, -0.15) is 0 Å². The molecule has 2 aromatic heterocycles. The maximum absolute atomic E-state index is 9.78. The van der Waals surface area contributed by atoms with Crippen LogP contribution in [0.5, 0.6) is 0 Å². The fourth-order valence-corrected chi connectivity index (χ4v) is 0.359. The van der Waals surface area contributed by atoms with Crippen LogP contribution >= 0.6 is 0 Å². The molecule has 0 atom stereocenters. The molecule has 0 aromatic carbocycles. The van der Waals surface area contributed by atoms with Crippen LogP contribution in [0.4, 0.5) is 0 Å². The third kappa shape index (κ3) is 2.64. The summed E-state index contributed by atoms with van der Waals surface area (Å²) < 4.78 is 8.22. The summed E-state index contributed by atoms with van der Waals surface area (Å²) in [7, 11) is 0. The van der Waals surface area contributed by atoms with Gasteiger partial charge in [0.05, 0.1) is 0 Å². The highest BCUT2D eigenvalue weighted by molar-refractivity contribution is 4.37. The fraction of sp³-hybridized carbons (Fsp3) is 0. The van der Waals surface area contributed by atoms with Crippen molar-refractivity contribution < 1.29 is 8.83 Å². The summed E-state index contributed by atoms with van der Waals surface area (Å²) in [4.78, 5) is 19.6. The molecule has 0 spiro atoms. The van der Waals surface area contributed by atoms with E-state index in [1.54, 1.807) is 0 Å². The monoisotopic (exact) mass is 172 g/mol. The largest absolute Gasteiger partial charge is 0.434 e. The van der Waals surface area contributed by atoms with Gasteiger partial charge >= 0.3 is 11.5 Å². The zero-order chi connectivity index (χ0) is 8.81. The van der Waals surface area contributed by atoms with Crippen molar-refractivity contribution in [2.75, 3.05) is 0 Å². The van der Waals surface area contributed by atoms with Crippen molar-refractivity contribution in [2.24, 2.45) is 0 Å². The van der Waals surface area contributed by atoms with Crippen LogP contribution in [0.2, 0.25) is 0 Å². The molecule has 0 amide bonds. The van der Waals surface area contributed by atoms with E-state index in [1.165, 1.54) is 0 Å². The van der Waals surface area contributed by atoms with Crippen molar-refractivity contribution in [3.05, 3.63) is 33.9 Å². The van der Waals surface area contributed by atoms with E-state index in [0.717, 1.165) is 12.8 Å². The molecule has 8 nitrogen and oxygen atoms in total. The lowest BCUT2D eigenvalue weighted by Crippen LogP contribution is -1.93. The van der Waals surface area contributed by atoms with Gasteiger partial charge in [0.2, 0.25) is 12.8 Å². The first-order valence-electron chi connectivity index (χ1n) is 2.75. The van der Waals surface area contributed by atoms with E-state index in [0.29, 0.717) is 0 Å². The number of nitrogens with one attached hydrogen (secondary N) is 2. The molecule has 0 bridgehead atoms. The molecule has 0 aliphatic carbocycles. The van der Waals surface area contributed by atoms with Crippen LogP contribution in [0.25, 0.3) is 0 Å². The van der Waals surface area contributed by atoms with Crippen molar-refractivity contribution in [1.82, 2.24) is 20.4 Å². The average Bonchev–Trinajstić information content (AvgIpc) is 2.63. The molecule has 2 rings (SSSR count). The van der Waals surface area contributed by atoms with Gasteiger partial charge in [0.1, 0.15) is 0 Å². The molecule has 12 heavy (non-hydrogen) atoms. The summed E-state index contributed by atoms with van der Waals surface area (Å²) in [5, 5.41) is 10.5. The van der Waals surface area contributed by atoms with E-state index >= 15 is 0 Å². The Morgan fingerprint density at radius 2 is 1.42 bits per heavy atom. The minimum absolute atomic E-state index is 0.519. The van der Waals surface area contributed by atoms with Gasteiger partial charge in [-0.25, -0.2) is 19.8 Å². The maximum atomic E-state index is 9.78. The van der Waals surface area contributed by atoms with E-state index in [4.69, 9.17) is 0 Å². The van der Waals surface area contributed by atoms with Gasteiger partial charge in [-0.3, -0.25) is 0 Å². The molecule has 0 saturated heterocycles. The molecule has 0 fully saturated rings. The van der Waals surface area contributed by atoms with Crippen LogP contribution in [0, 0.1) is 0 Å². The third-order valence-corrected chi connectivity index (χ3v) is 0.737. The zero-order valence-electron chi connectivity index (χ0n) is 5.68. The first-order valence-corrected chi connectivity index (χ1v) is 2.75. The lowest BCUT2D eigenvalue weighted by Gasteiger charge is -1.48. The number of aromatic amines is 2. The average molecular weight is 172 g/mol. The molecule has 2 aromatic rings. The second kappa shape index (κ2) is 3.91. The number of rotatable bonds is 0. The molecular formula is C4H4N4O4. The van der Waals surface area contributed by atoms with Crippen LogP contribution in [-0.2, 0) is 0 Å². The lowest BCUT2D eigenvalue weighted by atomic mass is 11.4. The molecule has 2 N–H and O–H groups in total. The predicted octanol–water partition coefficient (Wildman–Crippen LogP) is -1.27. The van der Waals surface area contributed by atoms with Gasteiger partial charge in [0.15, 0.2) is 0 Å². The minimum Gasteiger partial charge on any atom is -0.395 e. The van der Waals surface area contributed by atoms with Crippen molar-refractivity contribution in [1.29, 1.82) is 0 Å². The first kappa shape index (κ1) is 7.98. The summed E-state index contributed by atoms with van der Waals surface area (Å²) in [6, 6.07) is 0. The minimum atomic E-state index is -0.519. The normalized spacial score (nSPS) is 8.67. The van der Waals surface area contributed by atoms with Crippen LogP contribution < -0.4 is 11.5 Å². The Morgan fingerprint density at radius 1 is 1.00 bits per heavy atom. The molecule has 64 valence electrons. The zero-order valence-corrected chi connectivity index (χ0v) is 5.68. The van der Waals surface area contributed by atoms with Gasteiger partial charge in [0.25, 0.3) is 0 Å². The van der Waals surface area contributed by atoms with Crippen LogP contribution in [0.3, 0.4) is 0 Å². The second-order valence-corrected chi connectivity index (χ2v) is 1.50. The van der Waals surface area contributed by atoms with Crippen molar-refractivity contribution >= 4 is 0 Å². The second-order valence-electron chi connectivity index (χ2n) is 1.50. The molecule has 0 unspecified atom stereocenters. The quantitative estimate of drug-likeness (QED) is 0.511. The van der Waals surface area contributed by atoms with Crippen LogP contribution in [0.15, 0.2) is 31.2 Å². The molecule has 0 saturated carbocycles. The topological polar surface area (TPSA) is 118 Å². The Kier molecular flexibility index (Phi) is 2.60. The van der Waals surface area contributed by atoms with E-state index < -0.39 is 11.5 Å². The molecule has 8 heteroatoms. The van der Waals surface area contributed by atoms with E-state index in [-0.39, 0.29) is 0 Å². The summed E-state index contributed by atoms with van der Waals surface area (Å²) >= 11 is 0. The van der Waals surface area contributed by atoms with Gasteiger partial charge in [-0.05, 0) is 0 Å². The summed E-state index contributed by atoms with van der Waals surface area (Å²) in [5.41, 5.74) is 0. The summed E-state index contributed by atoms with van der Waals surface area (Å²) in [6.45, 7) is 0. The van der Waals surface area contributed by atoms with Crippen molar-refractivity contribution in [2.45, 2.75) is 0 Å². The van der Waals surface area contributed by atoms with Crippen molar-refractivity contribution in [3.8, 4) is 0 Å². The van der Waals surface area contributed by atoms with Crippen molar-refractivity contribution in [3.63, 3.8) is 0 Å².